The van der Waals surface area contributed by atoms with Crippen LogP contribution in [0.25, 0.3) is 0 Å². The van der Waals surface area contributed by atoms with Gasteiger partial charge in [-0.1, -0.05) is 0 Å². The number of rotatable bonds is 2. The van der Waals surface area contributed by atoms with Crippen molar-refractivity contribution in [2.75, 3.05) is 11.7 Å². The number of aromatic nitrogens is 3. The maximum atomic E-state index is 10.1. The minimum atomic E-state index is 0.225. The molecule has 0 radical (unpaired) electrons. The molecule has 1 rings (SSSR count). The number of nitrogens with zero attached hydrogens (tertiary/aromatic N) is 3. The minimum Gasteiger partial charge on any atom is -0.760 e. The summed E-state index contributed by atoms with van der Waals surface area (Å²) in [6.45, 7) is 0. The lowest BCUT2D eigenvalue weighted by molar-refractivity contribution is 0.846. The molecule has 0 fully saturated rings. The van der Waals surface area contributed by atoms with Gasteiger partial charge in [-0.05, 0) is 11.5 Å². The Balaban J connectivity index is 2.96. The van der Waals surface area contributed by atoms with Crippen LogP contribution in [0.3, 0.4) is 0 Å². The van der Waals surface area contributed by atoms with Gasteiger partial charge in [-0.3, -0.25) is 0 Å². The maximum Gasteiger partial charge on any atom is 0.155 e. The highest BCUT2D eigenvalue weighted by molar-refractivity contribution is 7.98. The van der Waals surface area contributed by atoms with Gasteiger partial charge in [0.15, 0.2) is 5.82 Å². The molecular formula is C4H5N4OS-. The van der Waals surface area contributed by atoms with E-state index >= 15 is 0 Å². The van der Waals surface area contributed by atoms with Crippen LogP contribution < -0.4 is 5.48 Å². The van der Waals surface area contributed by atoms with Crippen LogP contribution in [0.2, 0.25) is 0 Å². The zero-order chi connectivity index (χ0) is 7.40. The average molecular weight is 157 g/mol. The number of nitrogens with one attached hydrogen (secondary N) is 1. The highest BCUT2D eigenvalue weighted by Crippen LogP contribution is 2.19. The molecule has 0 aliphatic carbocycles. The third kappa shape index (κ3) is 1.34. The Hall–Kier alpha value is -0.880. The fourth-order valence-electron chi connectivity index (χ4n) is 0.479. The van der Waals surface area contributed by atoms with Gasteiger partial charge in [0.05, 0.1) is 11.1 Å². The van der Waals surface area contributed by atoms with Gasteiger partial charge < -0.3 is 10.7 Å². The van der Waals surface area contributed by atoms with Gasteiger partial charge in [0.2, 0.25) is 0 Å². The van der Waals surface area contributed by atoms with E-state index in [9.17, 15) is 5.21 Å². The lowest BCUT2D eigenvalue weighted by Crippen LogP contribution is -1.96. The molecule has 0 aliphatic rings. The zero-order valence-corrected chi connectivity index (χ0v) is 6.05. The summed E-state index contributed by atoms with van der Waals surface area (Å²) in [6, 6.07) is 0. The molecule has 1 aromatic rings. The average Bonchev–Trinajstić information content (AvgIpc) is 2.04. The van der Waals surface area contributed by atoms with Crippen molar-refractivity contribution < 1.29 is 0 Å². The van der Waals surface area contributed by atoms with Crippen LogP contribution in [-0.4, -0.2) is 21.7 Å². The molecule has 0 saturated heterocycles. The van der Waals surface area contributed by atoms with Crippen LogP contribution in [0.4, 0.5) is 5.82 Å². The summed E-state index contributed by atoms with van der Waals surface area (Å²) in [7, 11) is 0. The second-order valence-electron chi connectivity index (χ2n) is 1.45. The largest absolute Gasteiger partial charge is 0.760 e. The number of thioether (sulfide) groups is 1. The van der Waals surface area contributed by atoms with Crippen molar-refractivity contribution in [3.63, 3.8) is 0 Å². The molecule has 0 atom stereocenters. The summed E-state index contributed by atoms with van der Waals surface area (Å²) in [5.74, 6) is 0.225. The lowest BCUT2D eigenvalue weighted by atomic mass is 10.6. The fraction of sp³-hybridized carbons (Fsp3) is 0.250. The maximum absolute atomic E-state index is 10.1. The fourth-order valence-corrected chi connectivity index (χ4v) is 0.908. The van der Waals surface area contributed by atoms with Crippen molar-refractivity contribution in [3.05, 3.63) is 11.4 Å². The third-order valence-electron chi connectivity index (χ3n) is 0.921. The van der Waals surface area contributed by atoms with E-state index < -0.39 is 0 Å². The van der Waals surface area contributed by atoms with Crippen molar-refractivity contribution in [2.24, 2.45) is 0 Å². The topological polar surface area (TPSA) is 73.8 Å². The summed E-state index contributed by atoms with van der Waals surface area (Å²) in [6.07, 6.45) is 3.32. The number of hydrogen-bond donors (Lipinski definition) is 1. The molecule has 0 saturated carbocycles. The van der Waals surface area contributed by atoms with Crippen LogP contribution in [-0.2, 0) is 0 Å². The predicted molar refractivity (Wildman–Crippen MR) is 38.6 cm³/mol. The highest BCUT2D eigenvalue weighted by atomic mass is 32.2. The predicted octanol–water partition coefficient (Wildman–Crippen LogP) is 0.503. The Morgan fingerprint density at radius 2 is 2.50 bits per heavy atom. The van der Waals surface area contributed by atoms with E-state index in [-0.39, 0.29) is 5.82 Å². The van der Waals surface area contributed by atoms with E-state index in [0.717, 1.165) is 0 Å². The standard InChI is InChI=1S/C4H5N4OS/c1-10-3-2-5-8-6-4(3)7-9/h2H,1H3,(H-,5,6,7,9)/q-1. The number of hydrogen-bond acceptors (Lipinski definition) is 6. The normalized spacial score (nSPS) is 9.40. The van der Waals surface area contributed by atoms with Gasteiger partial charge in [0.25, 0.3) is 0 Å². The van der Waals surface area contributed by atoms with Crippen LogP contribution in [0.15, 0.2) is 11.1 Å². The number of anilines is 1. The lowest BCUT2D eigenvalue weighted by Gasteiger charge is -2.08. The molecule has 1 heterocycles. The van der Waals surface area contributed by atoms with Crippen LogP contribution in [0.1, 0.15) is 0 Å². The van der Waals surface area contributed by atoms with Crippen molar-refractivity contribution in [1.82, 2.24) is 15.4 Å². The van der Waals surface area contributed by atoms with Gasteiger partial charge in [-0.2, -0.15) is 0 Å². The first-order valence-electron chi connectivity index (χ1n) is 2.49. The Morgan fingerprint density at radius 3 is 3.00 bits per heavy atom. The van der Waals surface area contributed by atoms with E-state index in [1.54, 1.807) is 5.48 Å². The second-order valence-corrected chi connectivity index (χ2v) is 2.30. The first-order valence-corrected chi connectivity index (χ1v) is 3.71. The van der Waals surface area contributed by atoms with Gasteiger partial charge >= 0.3 is 0 Å². The van der Waals surface area contributed by atoms with Crippen LogP contribution in [0.5, 0.6) is 0 Å². The van der Waals surface area contributed by atoms with Gasteiger partial charge in [0, 0.05) is 0 Å². The molecule has 6 heteroatoms. The Bertz CT molecular complexity index is 195. The van der Waals surface area contributed by atoms with Gasteiger partial charge in [-0.25, -0.2) is 0 Å². The van der Waals surface area contributed by atoms with E-state index in [1.807, 2.05) is 6.26 Å². The summed E-state index contributed by atoms with van der Waals surface area (Å²) in [5, 5.41) is 20.4. The molecule has 0 aromatic carbocycles. The molecule has 0 spiro atoms. The molecule has 10 heavy (non-hydrogen) atoms. The van der Waals surface area contributed by atoms with E-state index in [1.165, 1.54) is 18.0 Å². The van der Waals surface area contributed by atoms with Gasteiger partial charge in [-0.15, -0.1) is 22.0 Å². The SMILES string of the molecule is CSc1cnnnc1N[O-]. The molecule has 0 aliphatic heterocycles. The van der Waals surface area contributed by atoms with Crippen molar-refractivity contribution >= 4 is 17.6 Å². The van der Waals surface area contributed by atoms with Gasteiger partial charge in [0.1, 0.15) is 0 Å². The highest BCUT2D eigenvalue weighted by Gasteiger charge is 1.96. The molecule has 0 unspecified atom stereocenters. The summed E-state index contributed by atoms with van der Waals surface area (Å²) >= 11 is 1.39. The van der Waals surface area contributed by atoms with Crippen molar-refractivity contribution in [3.8, 4) is 0 Å². The van der Waals surface area contributed by atoms with Crippen molar-refractivity contribution in [1.29, 1.82) is 0 Å². The summed E-state index contributed by atoms with van der Waals surface area (Å²) in [4.78, 5) is 0.699. The monoisotopic (exact) mass is 157 g/mol. The molecular weight excluding hydrogens is 152 g/mol. The Labute approximate surface area is 61.8 Å². The molecule has 1 aromatic heterocycles. The van der Waals surface area contributed by atoms with E-state index in [2.05, 4.69) is 15.4 Å². The van der Waals surface area contributed by atoms with Crippen molar-refractivity contribution in [2.45, 2.75) is 4.90 Å². The first-order chi connectivity index (χ1) is 4.88. The molecule has 5 nitrogen and oxygen atoms in total. The Kier molecular flexibility index (Phi) is 2.41. The van der Waals surface area contributed by atoms with Crippen LogP contribution >= 0.6 is 11.8 Å². The molecule has 1 N–H and O–H groups in total. The minimum absolute atomic E-state index is 0.225. The quantitative estimate of drug-likeness (QED) is 0.498. The van der Waals surface area contributed by atoms with E-state index in [0.29, 0.717) is 4.90 Å². The first kappa shape index (κ1) is 7.23. The molecule has 54 valence electrons. The summed E-state index contributed by atoms with van der Waals surface area (Å²) in [5.41, 5.74) is 1.66. The summed E-state index contributed by atoms with van der Waals surface area (Å²) < 4.78 is 0. The van der Waals surface area contributed by atoms with Crippen LogP contribution in [0, 0.1) is 5.21 Å². The van der Waals surface area contributed by atoms with E-state index in [4.69, 9.17) is 0 Å². The Morgan fingerprint density at radius 1 is 1.70 bits per heavy atom. The second kappa shape index (κ2) is 3.33. The zero-order valence-electron chi connectivity index (χ0n) is 5.24. The molecule has 0 amide bonds. The third-order valence-corrected chi connectivity index (χ3v) is 1.66. The smallest absolute Gasteiger partial charge is 0.155 e. The molecule has 0 bridgehead atoms.